The molecule has 0 aliphatic rings. The molecule has 0 heterocycles. The fraction of sp³-hybridized carbons (Fsp3) is 0.300. The van der Waals surface area contributed by atoms with Crippen LogP contribution in [0.15, 0.2) is 54.6 Å². The first kappa shape index (κ1) is 22.6. The monoisotopic (exact) mass is 418 g/mol. The molecule has 30 heavy (non-hydrogen) atoms. The summed E-state index contributed by atoms with van der Waals surface area (Å²) in [5.41, 5.74) is 0.765. The van der Waals surface area contributed by atoms with Crippen molar-refractivity contribution in [2.45, 2.75) is 19.1 Å². The lowest BCUT2D eigenvalue weighted by Gasteiger charge is -2.12. The van der Waals surface area contributed by atoms with E-state index >= 15 is 0 Å². The number of aliphatic hydroxyl groups is 1. The number of nitro groups is 1. The first-order valence-corrected chi connectivity index (χ1v) is 9.09. The van der Waals surface area contributed by atoms with Crippen LogP contribution in [0.4, 0.5) is 10.5 Å². The van der Waals surface area contributed by atoms with Crippen molar-refractivity contribution in [2.75, 3.05) is 19.8 Å². The molecule has 0 radical (unpaired) electrons. The van der Waals surface area contributed by atoms with E-state index in [2.05, 4.69) is 5.32 Å². The fourth-order valence-corrected chi connectivity index (χ4v) is 2.22. The van der Waals surface area contributed by atoms with Crippen LogP contribution in [0.3, 0.4) is 0 Å². The third kappa shape index (κ3) is 8.57. The Labute approximate surface area is 172 Å². The number of esters is 1. The van der Waals surface area contributed by atoms with E-state index in [1.807, 2.05) is 18.2 Å². The number of nitrogens with zero attached hydrogens (tertiary/aromatic N) is 1. The molecule has 10 heteroatoms. The number of amides is 1. The van der Waals surface area contributed by atoms with Gasteiger partial charge in [-0.15, -0.1) is 0 Å². The second-order valence-corrected chi connectivity index (χ2v) is 6.14. The van der Waals surface area contributed by atoms with E-state index < -0.39 is 23.1 Å². The highest BCUT2D eigenvalue weighted by Crippen LogP contribution is 2.17. The normalized spacial score (nSPS) is 11.2. The van der Waals surface area contributed by atoms with Crippen molar-refractivity contribution in [1.82, 2.24) is 5.32 Å². The molecule has 1 atom stereocenters. The van der Waals surface area contributed by atoms with Gasteiger partial charge in [-0.2, -0.15) is 0 Å². The van der Waals surface area contributed by atoms with E-state index in [9.17, 15) is 24.8 Å². The number of nitro benzene ring substituents is 1. The second kappa shape index (κ2) is 12.0. The molecule has 0 fully saturated rings. The van der Waals surface area contributed by atoms with Crippen LogP contribution in [0.2, 0.25) is 0 Å². The van der Waals surface area contributed by atoms with Crippen LogP contribution in [0, 0.1) is 10.1 Å². The summed E-state index contributed by atoms with van der Waals surface area (Å²) in [4.78, 5) is 33.2. The predicted molar refractivity (Wildman–Crippen MR) is 105 cm³/mol. The SMILES string of the molecule is O=C(CNC(=O)OCc1ccccc1)OCC(O)CCOc1ccc([N+](=O)[O-])cc1. The molecular formula is C20H22N2O8. The summed E-state index contributed by atoms with van der Waals surface area (Å²) in [7, 11) is 0. The number of benzene rings is 2. The molecule has 0 spiro atoms. The maximum absolute atomic E-state index is 11.6. The molecule has 160 valence electrons. The molecule has 0 saturated carbocycles. The maximum atomic E-state index is 11.6. The number of hydrogen-bond acceptors (Lipinski definition) is 8. The molecule has 2 aromatic rings. The molecule has 2 N–H and O–H groups in total. The smallest absolute Gasteiger partial charge is 0.407 e. The van der Waals surface area contributed by atoms with Gasteiger partial charge < -0.3 is 24.6 Å². The molecule has 0 aliphatic heterocycles. The number of non-ortho nitro benzene ring substituents is 1. The van der Waals surface area contributed by atoms with Crippen molar-refractivity contribution < 1.29 is 33.8 Å². The molecule has 2 aromatic carbocycles. The second-order valence-electron chi connectivity index (χ2n) is 6.14. The molecule has 0 bridgehead atoms. The first-order valence-electron chi connectivity index (χ1n) is 9.09. The zero-order valence-corrected chi connectivity index (χ0v) is 16.1. The van der Waals surface area contributed by atoms with Gasteiger partial charge in [0.1, 0.15) is 25.5 Å². The predicted octanol–water partition coefficient (Wildman–Crippen LogP) is 2.19. The maximum Gasteiger partial charge on any atom is 0.407 e. The van der Waals surface area contributed by atoms with E-state index in [-0.39, 0.29) is 38.5 Å². The van der Waals surface area contributed by atoms with E-state index in [1.165, 1.54) is 24.3 Å². The molecule has 1 unspecified atom stereocenters. The number of carbonyl (C=O) groups is 2. The summed E-state index contributed by atoms with van der Waals surface area (Å²) in [6, 6.07) is 14.6. The van der Waals surface area contributed by atoms with Gasteiger partial charge in [0.2, 0.25) is 0 Å². The Morgan fingerprint density at radius 2 is 1.77 bits per heavy atom. The summed E-state index contributed by atoms with van der Waals surface area (Å²) < 4.78 is 15.2. The van der Waals surface area contributed by atoms with Crippen LogP contribution in [0.5, 0.6) is 5.75 Å². The number of ether oxygens (including phenoxy) is 3. The van der Waals surface area contributed by atoms with Crippen LogP contribution in [0.1, 0.15) is 12.0 Å². The fourth-order valence-electron chi connectivity index (χ4n) is 2.22. The summed E-state index contributed by atoms with van der Waals surface area (Å²) in [6.45, 7) is -0.446. The van der Waals surface area contributed by atoms with Crippen molar-refractivity contribution in [3.8, 4) is 5.75 Å². The molecule has 2 rings (SSSR count). The minimum Gasteiger partial charge on any atom is -0.493 e. The van der Waals surface area contributed by atoms with Crippen molar-refractivity contribution in [3.63, 3.8) is 0 Å². The first-order chi connectivity index (χ1) is 14.4. The molecule has 0 saturated heterocycles. The van der Waals surface area contributed by atoms with Gasteiger partial charge >= 0.3 is 12.1 Å². The number of aliphatic hydroxyl groups excluding tert-OH is 1. The Hall–Kier alpha value is -3.66. The van der Waals surface area contributed by atoms with Crippen molar-refractivity contribution in [1.29, 1.82) is 0 Å². The zero-order chi connectivity index (χ0) is 21.8. The van der Waals surface area contributed by atoms with Crippen molar-refractivity contribution in [3.05, 3.63) is 70.3 Å². The van der Waals surface area contributed by atoms with Crippen molar-refractivity contribution in [2.24, 2.45) is 0 Å². The number of hydrogen-bond donors (Lipinski definition) is 2. The molecule has 10 nitrogen and oxygen atoms in total. The van der Waals surface area contributed by atoms with Crippen LogP contribution in [-0.4, -0.2) is 48.0 Å². The molecule has 0 aliphatic carbocycles. The number of alkyl carbamates (subject to hydrolysis) is 1. The summed E-state index contributed by atoms with van der Waals surface area (Å²) >= 11 is 0. The highest BCUT2D eigenvalue weighted by molar-refractivity contribution is 5.77. The Bertz CT molecular complexity index is 826. The average molecular weight is 418 g/mol. The summed E-state index contributed by atoms with van der Waals surface area (Å²) in [5, 5.41) is 22.7. The van der Waals surface area contributed by atoms with E-state index in [4.69, 9.17) is 14.2 Å². The minimum absolute atomic E-state index is 0.0492. The van der Waals surface area contributed by atoms with E-state index in [0.717, 1.165) is 5.56 Å². The van der Waals surface area contributed by atoms with Crippen LogP contribution < -0.4 is 10.1 Å². The quantitative estimate of drug-likeness (QED) is 0.322. The van der Waals surface area contributed by atoms with Crippen LogP contribution >= 0.6 is 0 Å². The number of carbonyl (C=O) groups excluding carboxylic acids is 2. The molecular weight excluding hydrogens is 396 g/mol. The van der Waals surface area contributed by atoms with Crippen LogP contribution in [0.25, 0.3) is 0 Å². The van der Waals surface area contributed by atoms with Gasteiger partial charge in [0.25, 0.3) is 5.69 Å². The largest absolute Gasteiger partial charge is 0.493 e. The van der Waals surface area contributed by atoms with Crippen LogP contribution in [-0.2, 0) is 20.9 Å². The molecule has 1 amide bonds. The van der Waals surface area contributed by atoms with Gasteiger partial charge in [-0.25, -0.2) is 4.79 Å². The lowest BCUT2D eigenvalue weighted by Crippen LogP contribution is -2.32. The third-order valence-corrected chi connectivity index (χ3v) is 3.79. The Morgan fingerprint density at radius 3 is 2.43 bits per heavy atom. The van der Waals surface area contributed by atoms with E-state index in [1.54, 1.807) is 12.1 Å². The lowest BCUT2D eigenvalue weighted by atomic mass is 10.2. The summed E-state index contributed by atoms with van der Waals surface area (Å²) in [6.07, 6.45) is -1.54. The number of nitrogens with one attached hydrogen (secondary N) is 1. The van der Waals surface area contributed by atoms with E-state index in [0.29, 0.717) is 5.75 Å². The van der Waals surface area contributed by atoms with Gasteiger partial charge in [0, 0.05) is 18.6 Å². The highest BCUT2D eigenvalue weighted by Gasteiger charge is 2.12. The average Bonchev–Trinajstić information content (AvgIpc) is 2.76. The van der Waals surface area contributed by atoms with Gasteiger partial charge in [-0.3, -0.25) is 14.9 Å². The van der Waals surface area contributed by atoms with Gasteiger partial charge in [-0.1, -0.05) is 30.3 Å². The lowest BCUT2D eigenvalue weighted by molar-refractivity contribution is -0.384. The zero-order valence-electron chi connectivity index (χ0n) is 16.1. The third-order valence-electron chi connectivity index (χ3n) is 3.79. The molecule has 0 aromatic heterocycles. The van der Waals surface area contributed by atoms with Gasteiger partial charge in [-0.05, 0) is 17.7 Å². The van der Waals surface area contributed by atoms with Gasteiger partial charge in [0.15, 0.2) is 0 Å². The minimum atomic E-state index is -0.961. The van der Waals surface area contributed by atoms with Crippen molar-refractivity contribution >= 4 is 17.7 Å². The Balaban J connectivity index is 1.55. The Kier molecular flexibility index (Phi) is 9.07. The topological polar surface area (TPSA) is 137 Å². The standard InChI is InChI=1S/C20H22N2O8/c23-17(10-11-28-18-8-6-16(7-9-18)22(26)27)14-29-19(24)12-21-20(25)30-13-15-4-2-1-3-5-15/h1-9,17,23H,10-14H2,(H,21,25). The summed E-state index contributed by atoms with van der Waals surface area (Å²) in [5.74, 6) is -0.301. The number of rotatable bonds is 11. The Morgan fingerprint density at radius 1 is 1.07 bits per heavy atom. The van der Waals surface area contributed by atoms with Gasteiger partial charge in [0.05, 0.1) is 17.6 Å². The highest BCUT2D eigenvalue weighted by atomic mass is 16.6.